The summed E-state index contributed by atoms with van der Waals surface area (Å²) in [7, 11) is -3.43. The predicted molar refractivity (Wildman–Crippen MR) is 122 cm³/mol. The number of carbonyl (C=O) groups is 3. The van der Waals surface area contributed by atoms with E-state index in [1.165, 1.54) is 12.1 Å². The highest BCUT2D eigenvalue weighted by Gasteiger charge is 2.53. The van der Waals surface area contributed by atoms with Crippen LogP contribution in [-0.4, -0.2) is 50.3 Å². The fourth-order valence-electron chi connectivity index (χ4n) is 4.22. The fraction of sp³-hybridized carbons (Fsp3) is 0.545. The molecule has 5 N–H and O–H groups in total. The number of unbranched alkanes of at least 4 members (excludes halogenated alkanes) is 2. The lowest BCUT2D eigenvalue weighted by Gasteiger charge is -2.42. The van der Waals surface area contributed by atoms with E-state index in [1.807, 2.05) is 12.2 Å². The van der Waals surface area contributed by atoms with E-state index >= 15 is 0 Å². The van der Waals surface area contributed by atoms with Gasteiger partial charge in [0.05, 0.1) is 10.9 Å². The molecule has 1 aliphatic carbocycles. The number of carboxylic acid groups (broad SMARTS) is 1. The second-order valence-corrected chi connectivity index (χ2v) is 11.4. The van der Waals surface area contributed by atoms with Gasteiger partial charge in [-0.15, -0.1) is 0 Å². The van der Waals surface area contributed by atoms with Crippen LogP contribution in [0.15, 0.2) is 24.3 Å². The van der Waals surface area contributed by atoms with Crippen LogP contribution in [-0.2, 0) is 16.0 Å². The summed E-state index contributed by atoms with van der Waals surface area (Å²) in [6.45, 7) is 2.04. The van der Waals surface area contributed by atoms with Crippen molar-refractivity contribution in [2.24, 2.45) is 0 Å². The Morgan fingerprint density at radius 1 is 1.16 bits per heavy atom. The van der Waals surface area contributed by atoms with Gasteiger partial charge in [0.2, 0.25) is 11.8 Å². The molecule has 172 valence electrons. The molecule has 0 heterocycles. The third-order valence-corrected chi connectivity index (χ3v) is 9.51. The number of amides is 3. The summed E-state index contributed by atoms with van der Waals surface area (Å²) >= 11 is 0. The Kier molecular flexibility index (Phi) is 8.71. The monoisotopic (exact) mass is 452 g/mol. The van der Waals surface area contributed by atoms with E-state index in [-0.39, 0.29) is 18.1 Å². The number of benzene rings is 1. The molecule has 2 rings (SSSR count). The minimum absolute atomic E-state index is 0.0941. The van der Waals surface area contributed by atoms with Crippen molar-refractivity contribution in [3.05, 3.63) is 29.8 Å². The van der Waals surface area contributed by atoms with Crippen LogP contribution in [0.3, 0.4) is 0 Å². The lowest BCUT2D eigenvalue weighted by atomic mass is 10.1. The summed E-state index contributed by atoms with van der Waals surface area (Å²) in [4.78, 5) is 48.4. The van der Waals surface area contributed by atoms with E-state index < -0.39 is 30.1 Å². The molecule has 0 saturated heterocycles. The minimum atomic E-state index is -3.43. The van der Waals surface area contributed by atoms with Gasteiger partial charge in [0.1, 0.15) is 5.75 Å². The number of carbonyl (C=O) groups excluding carboxylic acids is 2. The normalized spacial score (nSPS) is 18.0. The molecule has 1 aromatic carbocycles. The summed E-state index contributed by atoms with van der Waals surface area (Å²) in [5, 5.41) is 22.1. The topological polar surface area (TPSA) is 136 Å². The summed E-state index contributed by atoms with van der Waals surface area (Å²) < 4.78 is 0. The van der Waals surface area contributed by atoms with Gasteiger partial charge in [-0.3, -0.25) is 14.9 Å². The number of phenols is 1. The van der Waals surface area contributed by atoms with Crippen LogP contribution in [0.25, 0.3) is 0 Å². The average Bonchev–Trinajstić information content (AvgIpc) is 3.21. The van der Waals surface area contributed by atoms with Crippen LogP contribution in [0.5, 0.6) is 5.75 Å². The van der Waals surface area contributed by atoms with Crippen molar-refractivity contribution in [3.8, 4) is 5.75 Å². The van der Waals surface area contributed by atoms with Crippen molar-refractivity contribution >= 4 is 31.3 Å². The average molecular weight is 452 g/mol. The van der Waals surface area contributed by atoms with E-state index in [1.54, 1.807) is 12.1 Å². The number of aromatic hydroxyl groups is 1. The standard InChI is InChI=1S/C22H33N2O6P/c1-3-4-5-8-18(26)23-19(15-16-9-11-17(25)12-10-16)31(2,30)22(13-6-7-14-22)20(27)24-21(28)29/h9-12,19,25,30H,2-8,13-15H2,1H3,(H,23,26)(H,24,27)(H,28,29). The number of imide groups is 1. The first-order chi connectivity index (χ1) is 14.6. The molecular weight excluding hydrogens is 419 g/mol. The molecule has 8 nitrogen and oxygen atoms in total. The number of rotatable bonds is 10. The van der Waals surface area contributed by atoms with Gasteiger partial charge in [-0.25, -0.2) is 4.79 Å². The molecule has 1 saturated carbocycles. The number of hydrogen-bond acceptors (Lipinski definition) is 5. The molecule has 0 spiro atoms. The van der Waals surface area contributed by atoms with Gasteiger partial charge in [-0.05, 0) is 43.4 Å². The SMILES string of the molecule is C=P(O)(C(Cc1ccc(O)cc1)NC(=O)CCCCC)C1(C(=O)NC(=O)O)CCCC1. The highest BCUT2D eigenvalue weighted by atomic mass is 31.2. The van der Waals surface area contributed by atoms with Gasteiger partial charge >= 0.3 is 6.09 Å². The Morgan fingerprint density at radius 2 is 1.77 bits per heavy atom. The van der Waals surface area contributed by atoms with Gasteiger partial charge in [0, 0.05) is 13.5 Å². The van der Waals surface area contributed by atoms with Crippen LogP contribution in [0.1, 0.15) is 63.9 Å². The highest BCUT2D eigenvalue weighted by molar-refractivity contribution is 7.71. The molecule has 0 radical (unpaired) electrons. The fourth-order valence-corrected chi connectivity index (χ4v) is 7.18. The molecule has 1 aliphatic rings. The molecule has 0 aliphatic heterocycles. The minimum Gasteiger partial charge on any atom is -0.508 e. The maximum absolute atomic E-state index is 12.9. The lowest BCUT2D eigenvalue weighted by molar-refractivity contribution is -0.123. The van der Waals surface area contributed by atoms with E-state index in [0.29, 0.717) is 38.5 Å². The number of hydrogen-bond donors (Lipinski definition) is 5. The van der Waals surface area contributed by atoms with Crippen LogP contribution in [0.4, 0.5) is 4.79 Å². The van der Waals surface area contributed by atoms with Crippen molar-refractivity contribution in [3.63, 3.8) is 0 Å². The van der Waals surface area contributed by atoms with Gasteiger partial charge < -0.3 is 20.4 Å². The van der Waals surface area contributed by atoms with Gasteiger partial charge in [-0.2, -0.15) is 0 Å². The van der Waals surface area contributed by atoms with Gasteiger partial charge in [0.15, 0.2) is 0 Å². The molecule has 2 unspecified atom stereocenters. The summed E-state index contributed by atoms with van der Waals surface area (Å²) in [6.07, 6.45) is 7.67. The first-order valence-corrected chi connectivity index (χ1v) is 12.7. The Bertz CT molecular complexity index is 833. The van der Waals surface area contributed by atoms with Gasteiger partial charge in [0.25, 0.3) is 0 Å². The smallest absolute Gasteiger partial charge is 0.411 e. The zero-order valence-electron chi connectivity index (χ0n) is 18.0. The third-order valence-electron chi connectivity index (χ3n) is 6.03. The first kappa shape index (κ1) is 25.0. The van der Waals surface area contributed by atoms with Crippen LogP contribution >= 0.6 is 7.11 Å². The zero-order valence-corrected chi connectivity index (χ0v) is 18.9. The molecule has 9 heteroatoms. The summed E-state index contributed by atoms with van der Waals surface area (Å²) in [5.41, 5.74) is 0.755. The Hall–Kier alpha value is -2.31. The molecule has 0 bridgehead atoms. The second kappa shape index (κ2) is 10.8. The molecule has 1 fully saturated rings. The van der Waals surface area contributed by atoms with Crippen molar-refractivity contribution in [2.45, 2.75) is 75.7 Å². The van der Waals surface area contributed by atoms with Crippen molar-refractivity contribution in [2.75, 3.05) is 0 Å². The Balaban J connectivity index is 2.36. The van der Waals surface area contributed by atoms with E-state index in [0.717, 1.165) is 18.4 Å². The second-order valence-electron chi connectivity index (χ2n) is 8.24. The number of phenolic OH excluding ortho intramolecular Hbond substituents is 1. The highest BCUT2D eigenvalue weighted by Crippen LogP contribution is 2.64. The van der Waals surface area contributed by atoms with Crippen LogP contribution < -0.4 is 10.6 Å². The number of nitrogens with one attached hydrogen (secondary N) is 2. The first-order valence-electron chi connectivity index (χ1n) is 10.7. The Morgan fingerprint density at radius 3 is 2.32 bits per heavy atom. The quantitative estimate of drug-likeness (QED) is 0.273. The van der Waals surface area contributed by atoms with E-state index in [9.17, 15) is 24.4 Å². The van der Waals surface area contributed by atoms with Crippen molar-refractivity contribution < 1.29 is 29.5 Å². The largest absolute Gasteiger partial charge is 0.508 e. The van der Waals surface area contributed by atoms with Gasteiger partial charge in [-0.1, -0.05) is 51.0 Å². The van der Waals surface area contributed by atoms with Crippen LogP contribution in [0.2, 0.25) is 0 Å². The van der Waals surface area contributed by atoms with Crippen molar-refractivity contribution in [1.29, 1.82) is 0 Å². The molecule has 1 aromatic rings. The Labute approximate surface area is 183 Å². The molecule has 31 heavy (non-hydrogen) atoms. The zero-order chi connectivity index (χ0) is 23.1. The van der Waals surface area contributed by atoms with Crippen LogP contribution in [0, 0.1) is 0 Å². The van der Waals surface area contributed by atoms with E-state index in [4.69, 9.17) is 5.11 Å². The third kappa shape index (κ3) is 6.11. The lowest BCUT2D eigenvalue weighted by Crippen LogP contribution is -2.51. The molecular formula is C22H33N2O6P. The summed E-state index contributed by atoms with van der Waals surface area (Å²) in [5.74, 6) is -1.70. The summed E-state index contributed by atoms with van der Waals surface area (Å²) in [6, 6.07) is 6.39. The maximum atomic E-state index is 12.9. The molecule has 0 aromatic heterocycles. The van der Waals surface area contributed by atoms with Crippen molar-refractivity contribution in [1.82, 2.24) is 10.6 Å². The predicted octanol–water partition coefficient (Wildman–Crippen LogP) is 3.42. The van der Waals surface area contributed by atoms with E-state index in [2.05, 4.69) is 11.6 Å². The maximum Gasteiger partial charge on any atom is 0.411 e. The molecule has 2 atom stereocenters. The molecule has 3 amide bonds.